The van der Waals surface area contributed by atoms with Gasteiger partial charge >= 0.3 is 0 Å². The number of carbonyl (C=O) groups excluding carboxylic acids is 1. The highest BCUT2D eigenvalue weighted by atomic mass is 19.1. The lowest BCUT2D eigenvalue weighted by Crippen LogP contribution is -2.48. The van der Waals surface area contributed by atoms with E-state index < -0.39 is 6.17 Å². The predicted molar refractivity (Wildman–Crippen MR) is 138 cm³/mol. The fourth-order valence-corrected chi connectivity index (χ4v) is 3.39. The average molecular weight is 523 g/mol. The molecule has 0 aliphatic carbocycles. The Morgan fingerprint density at radius 1 is 0.778 bits per heavy atom. The number of nitrogens with zero attached hydrogens (tertiary/aromatic N) is 2. The fourth-order valence-electron chi connectivity index (χ4n) is 3.39. The third-order valence-electron chi connectivity index (χ3n) is 5.68. The highest BCUT2D eigenvalue weighted by Gasteiger charge is 2.17. The molecule has 1 amide bonds. The highest BCUT2D eigenvalue weighted by molar-refractivity contribution is 5.77. The molecule has 10 nitrogen and oxygen atoms in total. The number of rotatable bonds is 24. The van der Waals surface area contributed by atoms with Gasteiger partial charge in [-0.1, -0.05) is 20.8 Å². The van der Waals surface area contributed by atoms with Gasteiger partial charge in [0.05, 0.1) is 72.6 Å². The summed E-state index contributed by atoms with van der Waals surface area (Å²) in [5.41, 5.74) is 0. The highest BCUT2D eigenvalue weighted by Crippen LogP contribution is 2.02. The molecule has 0 spiro atoms. The van der Waals surface area contributed by atoms with Crippen LogP contribution in [0.2, 0.25) is 0 Å². The smallest absolute Gasteiger partial charge is 0.222 e. The van der Waals surface area contributed by atoms with Crippen LogP contribution in [0.15, 0.2) is 0 Å². The predicted octanol–water partition coefficient (Wildman–Crippen LogP) is 0.407. The van der Waals surface area contributed by atoms with Gasteiger partial charge in [-0.3, -0.25) is 14.6 Å². The number of hydrogen-bond acceptors (Lipinski definition) is 9. The first-order chi connectivity index (χ1) is 17.5. The van der Waals surface area contributed by atoms with E-state index in [2.05, 4.69) is 27.4 Å². The van der Waals surface area contributed by atoms with Gasteiger partial charge in [-0.05, 0) is 6.54 Å². The lowest BCUT2D eigenvalue weighted by Gasteiger charge is -2.34. The minimum absolute atomic E-state index is 0.00578. The van der Waals surface area contributed by atoms with Gasteiger partial charge in [0.15, 0.2) is 0 Å². The Bertz CT molecular complexity index is 513. The summed E-state index contributed by atoms with van der Waals surface area (Å²) >= 11 is 0. The van der Waals surface area contributed by atoms with Gasteiger partial charge in [-0.2, -0.15) is 0 Å². The van der Waals surface area contributed by atoms with Crippen LogP contribution in [0.4, 0.5) is 4.39 Å². The van der Waals surface area contributed by atoms with Crippen LogP contribution < -0.4 is 10.6 Å². The van der Waals surface area contributed by atoms with Gasteiger partial charge in [-0.15, -0.1) is 0 Å². The Kier molecular flexibility index (Phi) is 21.4. The zero-order chi connectivity index (χ0) is 26.3. The topological polar surface area (TPSA) is 93.8 Å². The van der Waals surface area contributed by atoms with Gasteiger partial charge in [-0.25, -0.2) is 4.39 Å². The Morgan fingerprint density at radius 2 is 1.25 bits per heavy atom. The monoisotopic (exact) mass is 522 g/mol. The van der Waals surface area contributed by atoms with Crippen LogP contribution in [0.3, 0.4) is 0 Å². The zero-order valence-electron chi connectivity index (χ0n) is 22.8. The maximum atomic E-state index is 13.8. The van der Waals surface area contributed by atoms with E-state index in [0.29, 0.717) is 59.5 Å². The summed E-state index contributed by atoms with van der Waals surface area (Å²) < 4.78 is 41.3. The fraction of sp³-hybridized carbons (Fsp3) is 0.960. The van der Waals surface area contributed by atoms with Crippen LogP contribution in [-0.2, 0) is 28.5 Å². The van der Waals surface area contributed by atoms with Crippen molar-refractivity contribution >= 4 is 5.91 Å². The molecule has 1 unspecified atom stereocenters. The molecule has 1 saturated heterocycles. The second kappa shape index (κ2) is 23.2. The quantitative estimate of drug-likeness (QED) is 0.175. The second-order valence-electron chi connectivity index (χ2n) is 9.06. The van der Waals surface area contributed by atoms with Crippen molar-refractivity contribution in [2.24, 2.45) is 5.92 Å². The van der Waals surface area contributed by atoms with Crippen LogP contribution in [-0.4, -0.2) is 147 Å². The largest absolute Gasteiger partial charge is 0.378 e. The van der Waals surface area contributed by atoms with E-state index >= 15 is 0 Å². The summed E-state index contributed by atoms with van der Waals surface area (Å²) in [7, 11) is 0. The molecule has 1 fully saturated rings. The molecule has 1 atom stereocenters. The van der Waals surface area contributed by atoms with E-state index in [1.807, 2.05) is 0 Å². The number of carbonyl (C=O) groups is 1. The number of likely N-dealkylation sites (N-methyl/N-ethyl adjacent to an activating group) is 1. The molecule has 36 heavy (non-hydrogen) atoms. The molecule has 0 radical (unpaired) electrons. The number of hydrogen-bond donors (Lipinski definition) is 2. The number of alkyl halides is 1. The van der Waals surface area contributed by atoms with E-state index in [9.17, 15) is 9.18 Å². The number of ether oxygens (including phenoxy) is 5. The summed E-state index contributed by atoms with van der Waals surface area (Å²) in [4.78, 5) is 16.2. The first kappa shape index (κ1) is 33.1. The average Bonchev–Trinajstić information content (AvgIpc) is 2.88. The molecule has 0 saturated carbocycles. The van der Waals surface area contributed by atoms with Gasteiger partial charge in [0, 0.05) is 51.7 Å². The van der Waals surface area contributed by atoms with Crippen molar-refractivity contribution in [2.75, 3.05) is 125 Å². The van der Waals surface area contributed by atoms with Crippen LogP contribution in [0.1, 0.15) is 20.8 Å². The Labute approximate surface area is 217 Å². The standard InChI is InChI=1S/C25H51FN4O6/c1-4-27-5-12-32-15-17-34-19-20-35-18-16-33-13-10-29-6-8-30(9-7-29)11-14-36-22-24(26)21-28-25(31)23(2)3/h23-24,27H,4-22H2,1-3H3,(H,28,31). The molecule has 11 heteroatoms. The van der Waals surface area contributed by atoms with Crippen molar-refractivity contribution in [3.8, 4) is 0 Å². The van der Waals surface area contributed by atoms with Crippen molar-refractivity contribution in [2.45, 2.75) is 26.9 Å². The van der Waals surface area contributed by atoms with Gasteiger partial charge in [0.2, 0.25) is 5.91 Å². The summed E-state index contributed by atoms with van der Waals surface area (Å²) in [5, 5.41) is 5.79. The molecule has 0 bridgehead atoms. The molecule has 0 aromatic rings. The molecular formula is C25H51FN4O6. The van der Waals surface area contributed by atoms with E-state index in [0.717, 1.165) is 52.4 Å². The number of amides is 1. The number of nitrogens with one attached hydrogen (secondary N) is 2. The summed E-state index contributed by atoms with van der Waals surface area (Å²) in [5.74, 6) is -0.272. The summed E-state index contributed by atoms with van der Waals surface area (Å²) in [6.45, 7) is 18.5. The molecule has 1 aliphatic rings. The zero-order valence-corrected chi connectivity index (χ0v) is 22.8. The molecule has 2 N–H and O–H groups in total. The first-order valence-electron chi connectivity index (χ1n) is 13.5. The van der Waals surface area contributed by atoms with E-state index in [1.54, 1.807) is 13.8 Å². The third-order valence-corrected chi connectivity index (χ3v) is 5.68. The molecule has 0 aromatic carbocycles. The Hall–Kier alpha value is -0.920. The minimum atomic E-state index is -1.17. The molecule has 214 valence electrons. The van der Waals surface area contributed by atoms with Crippen LogP contribution in [0.25, 0.3) is 0 Å². The number of halogens is 1. The van der Waals surface area contributed by atoms with Crippen LogP contribution in [0.5, 0.6) is 0 Å². The summed E-state index contributed by atoms with van der Waals surface area (Å²) in [6, 6.07) is 0. The van der Waals surface area contributed by atoms with Crippen molar-refractivity contribution < 1.29 is 32.9 Å². The maximum absolute atomic E-state index is 13.8. The van der Waals surface area contributed by atoms with Crippen molar-refractivity contribution in [3.05, 3.63) is 0 Å². The lowest BCUT2D eigenvalue weighted by atomic mass is 10.2. The Balaban J connectivity index is 1.83. The van der Waals surface area contributed by atoms with Crippen molar-refractivity contribution in [1.82, 2.24) is 20.4 Å². The third kappa shape index (κ3) is 19.2. The van der Waals surface area contributed by atoms with Crippen LogP contribution >= 0.6 is 0 Å². The van der Waals surface area contributed by atoms with Gasteiger partial charge in [0.1, 0.15) is 6.17 Å². The maximum Gasteiger partial charge on any atom is 0.222 e. The molecule has 0 aromatic heterocycles. The van der Waals surface area contributed by atoms with Gasteiger partial charge < -0.3 is 34.3 Å². The normalized spacial score (nSPS) is 16.0. The SMILES string of the molecule is CCNCCOCCOCCOCCOCCN1CCN(CCOCC(F)CNC(=O)C(C)C)CC1. The second-order valence-corrected chi connectivity index (χ2v) is 9.06. The number of piperazine rings is 1. The van der Waals surface area contributed by atoms with Crippen molar-refractivity contribution in [3.63, 3.8) is 0 Å². The summed E-state index contributed by atoms with van der Waals surface area (Å²) in [6.07, 6.45) is -1.17. The molecular weight excluding hydrogens is 471 g/mol. The van der Waals surface area contributed by atoms with Crippen LogP contribution in [0, 0.1) is 5.92 Å². The van der Waals surface area contributed by atoms with Crippen molar-refractivity contribution in [1.29, 1.82) is 0 Å². The molecule has 1 rings (SSSR count). The van der Waals surface area contributed by atoms with E-state index in [1.165, 1.54) is 0 Å². The Morgan fingerprint density at radius 3 is 1.75 bits per heavy atom. The molecule has 1 aliphatic heterocycles. The van der Waals surface area contributed by atoms with Gasteiger partial charge in [0.25, 0.3) is 0 Å². The minimum Gasteiger partial charge on any atom is -0.378 e. The molecule has 1 heterocycles. The lowest BCUT2D eigenvalue weighted by molar-refractivity contribution is -0.124. The first-order valence-corrected chi connectivity index (χ1v) is 13.5. The van der Waals surface area contributed by atoms with E-state index in [4.69, 9.17) is 23.7 Å². The van der Waals surface area contributed by atoms with E-state index in [-0.39, 0.29) is 25.0 Å².